The molecule has 0 radical (unpaired) electrons. The van der Waals surface area contributed by atoms with E-state index in [0.717, 1.165) is 0 Å². The molecule has 0 fully saturated rings. The highest BCUT2D eigenvalue weighted by Crippen LogP contribution is 2.27. The highest BCUT2D eigenvalue weighted by Gasteiger charge is 2.13. The molecule has 0 saturated carbocycles. The first-order valence-electron chi connectivity index (χ1n) is 8.03. The second-order valence-corrected chi connectivity index (χ2v) is 6.24. The standard InChI is InChI=1S/C19H19ClN4O3/c1-24(11-18(25)22-15-6-3-13(10-21)4-7-15)12-19(26)23-16-9-14(20)5-8-17(16)27-2/h3-9H,11-12H2,1-2H3,(H,22,25)(H,23,26). The molecule has 27 heavy (non-hydrogen) atoms. The lowest BCUT2D eigenvalue weighted by molar-refractivity contribution is -0.119. The fourth-order valence-electron chi connectivity index (χ4n) is 2.34. The number of methoxy groups -OCH3 is 1. The van der Waals surface area contributed by atoms with Crippen molar-refractivity contribution in [3.63, 3.8) is 0 Å². The fourth-order valence-corrected chi connectivity index (χ4v) is 2.51. The van der Waals surface area contributed by atoms with E-state index in [1.54, 1.807) is 54.4 Å². The van der Waals surface area contributed by atoms with Crippen molar-refractivity contribution in [1.82, 2.24) is 4.90 Å². The van der Waals surface area contributed by atoms with Gasteiger partial charge in [0.1, 0.15) is 5.75 Å². The van der Waals surface area contributed by atoms with E-state index in [9.17, 15) is 9.59 Å². The number of halogens is 1. The molecule has 0 spiro atoms. The summed E-state index contributed by atoms with van der Waals surface area (Å²) in [6, 6.07) is 13.5. The van der Waals surface area contributed by atoms with Gasteiger partial charge in [0.2, 0.25) is 11.8 Å². The fraction of sp³-hybridized carbons (Fsp3) is 0.211. The van der Waals surface area contributed by atoms with Gasteiger partial charge in [0, 0.05) is 10.7 Å². The molecule has 0 bridgehead atoms. The van der Waals surface area contributed by atoms with Crippen LogP contribution in [-0.4, -0.2) is 44.0 Å². The third kappa shape index (κ3) is 6.29. The number of hydrogen-bond acceptors (Lipinski definition) is 5. The molecular weight excluding hydrogens is 368 g/mol. The van der Waals surface area contributed by atoms with Crippen molar-refractivity contribution >= 4 is 34.8 Å². The van der Waals surface area contributed by atoms with Gasteiger partial charge in [-0.05, 0) is 49.5 Å². The molecule has 0 atom stereocenters. The van der Waals surface area contributed by atoms with E-state index in [1.165, 1.54) is 7.11 Å². The summed E-state index contributed by atoms with van der Waals surface area (Å²) in [5.41, 5.74) is 1.56. The molecule has 2 rings (SSSR count). The molecule has 2 amide bonds. The molecular formula is C19H19ClN4O3. The monoisotopic (exact) mass is 386 g/mol. The van der Waals surface area contributed by atoms with E-state index in [2.05, 4.69) is 10.6 Å². The van der Waals surface area contributed by atoms with Crippen LogP contribution in [0, 0.1) is 11.3 Å². The summed E-state index contributed by atoms with van der Waals surface area (Å²) in [6.45, 7) is 0.0383. The minimum atomic E-state index is -0.302. The normalized spacial score (nSPS) is 10.2. The van der Waals surface area contributed by atoms with Crippen LogP contribution >= 0.6 is 11.6 Å². The molecule has 7 nitrogen and oxygen atoms in total. The second kappa shape index (κ2) is 9.57. The van der Waals surface area contributed by atoms with Crippen LogP contribution in [-0.2, 0) is 9.59 Å². The number of nitriles is 1. The Hall–Kier alpha value is -3.08. The van der Waals surface area contributed by atoms with Gasteiger partial charge in [-0.25, -0.2) is 0 Å². The van der Waals surface area contributed by atoms with Crippen molar-refractivity contribution in [2.45, 2.75) is 0 Å². The quantitative estimate of drug-likeness (QED) is 0.763. The smallest absolute Gasteiger partial charge is 0.238 e. The van der Waals surface area contributed by atoms with Gasteiger partial charge in [0.25, 0.3) is 0 Å². The molecule has 2 aromatic rings. The van der Waals surface area contributed by atoms with E-state index >= 15 is 0 Å². The molecule has 2 aromatic carbocycles. The molecule has 8 heteroatoms. The van der Waals surface area contributed by atoms with Gasteiger partial charge in [-0.1, -0.05) is 11.6 Å². The van der Waals surface area contributed by atoms with Crippen LogP contribution in [0.2, 0.25) is 5.02 Å². The Morgan fingerprint density at radius 1 is 1.11 bits per heavy atom. The summed E-state index contributed by atoms with van der Waals surface area (Å²) in [4.78, 5) is 25.8. The van der Waals surface area contributed by atoms with E-state index in [-0.39, 0.29) is 24.9 Å². The van der Waals surface area contributed by atoms with E-state index in [4.69, 9.17) is 21.6 Å². The zero-order chi connectivity index (χ0) is 19.8. The number of likely N-dealkylation sites (N-methyl/N-ethyl adjacent to an activating group) is 1. The minimum Gasteiger partial charge on any atom is -0.495 e. The number of amides is 2. The van der Waals surface area contributed by atoms with Gasteiger partial charge in [0.05, 0.1) is 37.5 Å². The predicted molar refractivity (Wildman–Crippen MR) is 104 cm³/mol. The van der Waals surface area contributed by atoms with Crippen molar-refractivity contribution in [3.8, 4) is 11.8 Å². The molecule has 2 N–H and O–H groups in total. The van der Waals surface area contributed by atoms with Crippen molar-refractivity contribution in [1.29, 1.82) is 5.26 Å². The maximum absolute atomic E-state index is 12.2. The Labute approximate surface area is 162 Å². The summed E-state index contributed by atoms with van der Waals surface area (Å²) in [5.74, 6) is -0.0754. The topological polar surface area (TPSA) is 94.5 Å². The van der Waals surface area contributed by atoms with Gasteiger partial charge < -0.3 is 15.4 Å². The summed E-state index contributed by atoms with van der Waals surface area (Å²) in [6.07, 6.45) is 0. The molecule has 0 aromatic heterocycles. The third-order valence-electron chi connectivity index (χ3n) is 3.56. The summed E-state index contributed by atoms with van der Waals surface area (Å²) in [7, 11) is 3.16. The zero-order valence-electron chi connectivity index (χ0n) is 15.0. The average Bonchev–Trinajstić information content (AvgIpc) is 2.62. The Bertz CT molecular complexity index is 862. The van der Waals surface area contributed by atoms with Crippen molar-refractivity contribution in [2.24, 2.45) is 0 Å². The van der Waals surface area contributed by atoms with Gasteiger partial charge in [-0.15, -0.1) is 0 Å². The van der Waals surface area contributed by atoms with Crippen LogP contribution in [0.1, 0.15) is 5.56 Å². The van der Waals surface area contributed by atoms with Crippen LogP contribution in [0.4, 0.5) is 11.4 Å². The Kier molecular flexibility index (Phi) is 7.17. The number of anilines is 2. The zero-order valence-corrected chi connectivity index (χ0v) is 15.7. The van der Waals surface area contributed by atoms with Crippen molar-refractivity contribution in [3.05, 3.63) is 53.1 Å². The second-order valence-electron chi connectivity index (χ2n) is 5.80. The number of nitrogens with one attached hydrogen (secondary N) is 2. The molecule has 0 aliphatic heterocycles. The van der Waals surface area contributed by atoms with E-state index in [1.807, 2.05) is 6.07 Å². The minimum absolute atomic E-state index is 0.0104. The van der Waals surface area contributed by atoms with Crippen LogP contribution in [0.25, 0.3) is 0 Å². The summed E-state index contributed by atoms with van der Waals surface area (Å²) < 4.78 is 5.18. The number of hydrogen-bond donors (Lipinski definition) is 2. The van der Waals surface area contributed by atoms with E-state index in [0.29, 0.717) is 27.7 Å². The maximum Gasteiger partial charge on any atom is 0.238 e. The van der Waals surface area contributed by atoms with Crippen LogP contribution in [0.3, 0.4) is 0 Å². The number of carbonyl (C=O) groups excluding carboxylic acids is 2. The Morgan fingerprint density at radius 2 is 1.74 bits per heavy atom. The molecule has 0 aliphatic rings. The lowest BCUT2D eigenvalue weighted by atomic mass is 10.2. The van der Waals surface area contributed by atoms with Crippen molar-refractivity contribution in [2.75, 3.05) is 37.9 Å². The largest absolute Gasteiger partial charge is 0.495 e. The maximum atomic E-state index is 12.2. The lowest BCUT2D eigenvalue weighted by Gasteiger charge is -2.17. The average molecular weight is 387 g/mol. The molecule has 0 saturated heterocycles. The highest BCUT2D eigenvalue weighted by molar-refractivity contribution is 6.31. The molecule has 0 unspecified atom stereocenters. The van der Waals surface area contributed by atoms with Gasteiger partial charge in [0.15, 0.2) is 0 Å². The summed E-state index contributed by atoms with van der Waals surface area (Å²) >= 11 is 5.94. The number of carbonyl (C=O) groups is 2. The van der Waals surface area contributed by atoms with Crippen LogP contribution in [0.15, 0.2) is 42.5 Å². The Balaban J connectivity index is 1.86. The van der Waals surface area contributed by atoms with Gasteiger partial charge >= 0.3 is 0 Å². The first-order chi connectivity index (χ1) is 12.9. The van der Waals surface area contributed by atoms with Crippen molar-refractivity contribution < 1.29 is 14.3 Å². The predicted octanol–water partition coefficient (Wildman–Crippen LogP) is 2.73. The first-order valence-corrected chi connectivity index (χ1v) is 8.41. The van der Waals surface area contributed by atoms with Crippen LogP contribution in [0.5, 0.6) is 5.75 Å². The Morgan fingerprint density at radius 3 is 2.33 bits per heavy atom. The molecule has 140 valence electrons. The lowest BCUT2D eigenvalue weighted by Crippen LogP contribution is -2.36. The van der Waals surface area contributed by atoms with Gasteiger partial charge in [-0.3, -0.25) is 14.5 Å². The molecule has 0 heterocycles. The van der Waals surface area contributed by atoms with Gasteiger partial charge in [-0.2, -0.15) is 5.26 Å². The summed E-state index contributed by atoms with van der Waals surface area (Å²) in [5, 5.41) is 14.7. The van der Waals surface area contributed by atoms with Crippen LogP contribution < -0.4 is 15.4 Å². The molecule has 0 aliphatic carbocycles. The third-order valence-corrected chi connectivity index (χ3v) is 3.80. The number of ether oxygens (including phenoxy) is 1. The number of benzene rings is 2. The first kappa shape index (κ1) is 20.2. The van der Waals surface area contributed by atoms with E-state index < -0.39 is 0 Å². The SMILES string of the molecule is COc1ccc(Cl)cc1NC(=O)CN(C)CC(=O)Nc1ccc(C#N)cc1. The highest BCUT2D eigenvalue weighted by atomic mass is 35.5. The number of rotatable bonds is 7. The number of nitrogens with zero attached hydrogens (tertiary/aromatic N) is 2.